The third-order valence-corrected chi connectivity index (χ3v) is 1.28. The van der Waals surface area contributed by atoms with Crippen LogP contribution in [-0.4, -0.2) is 22.4 Å². The molecule has 0 aromatic carbocycles. The van der Waals surface area contributed by atoms with Crippen LogP contribution in [-0.2, 0) is 0 Å². The van der Waals surface area contributed by atoms with Gasteiger partial charge in [-0.05, 0) is 0 Å². The van der Waals surface area contributed by atoms with Gasteiger partial charge in [-0.2, -0.15) is 0 Å². The highest BCUT2D eigenvalue weighted by molar-refractivity contribution is 6.31. The van der Waals surface area contributed by atoms with E-state index in [4.69, 9.17) is 28.0 Å². The lowest BCUT2D eigenvalue weighted by molar-refractivity contribution is -0.0613. The van der Waals surface area contributed by atoms with E-state index >= 15 is 0 Å². The predicted octanol–water partition coefficient (Wildman–Crippen LogP) is -0.419. The van der Waals surface area contributed by atoms with Crippen molar-refractivity contribution in [3.63, 3.8) is 0 Å². The maximum Gasteiger partial charge on any atom is 0.179 e. The van der Waals surface area contributed by atoms with Crippen LogP contribution < -0.4 is 11.1 Å². The Morgan fingerprint density at radius 3 is 3.00 bits per heavy atom. The zero-order valence-corrected chi connectivity index (χ0v) is 5.76. The van der Waals surface area contributed by atoms with Gasteiger partial charge in [0.25, 0.3) is 0 Å². The highest BCUT2D eigenvalue weighted by Crippen LogP contribution is 2.05. The van der Waals surface area contributed by atoms with Gasteiger partial charge >= 0.3 is 0 Å². The fourth-order valence-electron chi connectivity index (χ4n) is 0.580. The zero-order valence-electron chi connectivity index (χ0n) is 5.00. The molecule has 0 saturated heterocycles. The van der Waals surface area contributed by atoms with Crippen LogP contribution in [0.3, 0.4) is 0 Å². The number of nitrogens with zero attached hydrogens (tertiary/aromatic N) is 1. The minimum absolute atomic E-state index is 0.128. The third-order valence-electron chi connectivity index (χ3n) is 1.06. The minimum atomic E-state index is -0.829. The average Bonchev–Trinajstić information content (AvgIpc) is 1.82. The first-order chi connectivity index (χ1) is 4.61. The van der Waals surface area contributed by atoms with Gasteiger partial charge in [-0.15, -0.1) is 0 Å². The van der Waals surface area contributed by atoms with E-state index in [1.165, 1.54) is 6.08 Å². The monoisotopic (exact) mass is 162 g/mol. The molecule has 6 heteroatoms. The predicted molar refractivity (Wildman–Crippen MR) is 36.4 cm³/mol. The lowest BCUT2D eigenvalue weighted by Crippen LogP contribution is -2.54. The molecule has 1 aliphatic heterocycles. The van der Waals surface area contributed by atoms with E-state index in [1.807, 2.05) is 0 Å². The number of nitrogens with one attached hydrogen (secondary N) is 2. The topological polar surface area (TPSA) is 85.4 Å². The van der Waals surface area contributed by atoms with E-state index in [0.29, 0.717) is 5.06 Å². The summed E-state index contributed by atoms with van der Waals surface area (Å²) in [5.41, 5.74) is 5.26. The van der Waals surface area contributed by atoms with Crippen molar-refractivity contribution in [2.45, 2.75) is 6.29 Å². The Labute approximate surface area is 62.5 Å². The minimum Gasteiger partial charge on any atom is -0.342 e. The van der Waals surface area contributed by atoms with Crippen LogP contribution in [0.4, 0.5) is 0 Å². The van der Waals surface area contributed by atoms with E-state index in [0.717, 1.165) is 0 Å². The summed E-state index contributed by atoms with van der Waals surface area (Å²) in [4.78, 5) is 0. The summed E-state index contributed by atoms with van der Waals surface area (Å²) in [5.74, 6) is -0.128. The van der Waals surface area contributed by atoms with Gasteiger partial charge in [0.2, 0.25) is 0 Å². The van der Waals surface area contributed by atoms with Crippen molar-refractivity contribution in [3.05, 3.63) is 11.2 Å². The number of rotatable bonds is 0. The Hall–Kier alpha value is -0.780. The molecule has 0 aliphatic carbocycles. The summed E-state index contributed by atoms with van der Waals surface area (Å²) in [6.45, 7) is 0. The molecule has 0 fully saturated rings. The van der Waals surface area contributed by atoms with Crippen LogP contribution in [0.25, 0.3) is 0 Å². The number of halogens is 1. The average molecular weight is 163 g/mol. The number of hydrogen-bond donors (Lipinski definition) is 4. The second kappa shape index (κ2) is 2.45. The quantitative estimate of drug-likeness (QED) is 0.365. The first kappa shape index (κ1) is 7.33. The van der Waals surface area contributed by atoms with Crippen molar-refractivity contribution in [2.75, 3.05) is 0 Å². The van der Waals surface area contributed by atoms with E-state index in [-0.39, 0.29) is 11.0 Å². The Balaban J connectivity index is 2.79. The van der Waals surface area contributed by atoms with Crippen molar-refractivity contribution in [3.8, 4) is 0 Å². The number of hydroxylamine groups is 2. The molecule has 0 radical (unpaired) electrons. The van der Waals surface area contributed by atoms with Gasteiger partial charge in [0.15, 0.2) is 12.1 Å². The van der Waals surface area contributed by atoms with Gasteiger partial charge in [-0.25, -0.2) is 5.06 Å². The molecule has 0 amide bonds. The van der Waals surface area contributed by atoms with Gasteiger partial charge in [0.05, 0.1) is 0 Å². The molecule has 1 atom stereocenters. The second-order valence-corrected chi connectivity index (χ2v) is 2.22. The molecule has 10 heavy (non-hydrogen) atoms. The molecule has 0 spiro atoms. The van der Waals surface area contributed by atoms with Crippen LogP contribution in [0.2, 0.25) is 0 Å². The largest absolute Gasteiger partial charge is 0.342 e. The van der Waals surface area contributed by atoms with Gasteiger partial charge in [-0.1, -0.05) is 11.6 Å². The van der Waals surface area contributed by atoms with Crippen LogP contribution in [0, 0.1) is 5.41 Å². The Morgan fingerprint density at radius 1 is 1.90 bits per heavy atom. The van der Waals surface area contributed by atoms with Crippen LogP contribution in [0.1, 0.15) is 0 Å². The molecular formula is C4H7ClN4O. The number of nitrogens with two attached hydrogens (primary N) is 1. The Kier molecular flexibility index (Phi) is 1.80. The summed E-state index contributed by atoms with van der Waals surface area (Å²) in [6, 6.07) is 0. The van der Waals surface area contributed by atoms with Crippen molar-refractivity contribution in [1.29, 1.82) is 5.41 Å². The highest BCUT2D eigenvalue weighted by Gasteiger charge is 2.19. The molecular weight excluding hydrogens is 156 g/mol. The molecule has 5 nitrogen and oxygen atoms in total. The van der Waals surface area contributed by atoms with Crippen molar-refractivity contribution < 1.29 is 5.21 Å². The normalized spacial score (nSPS) is 25.9. The van der Waals surface area contributed by atoms with E-state index < -0.39 is 6.29 Å². The molecule has 1 aliphatic rings. The molecule has 5 N–H and O–H groups in total. The first-order valence-electron chi connectivity index (χ1n) is 2.57. The molecule has 0 aromatic rings. The van der Waals surface area contributed by atoms with E-state index in [2.05, 4.69) is 5.32 Å². The molecule has 56 valence electrons. The summed E-state index contributed by atoms with van der Waals surface area (Å²) in [5, 5.41) is 19.3. The van der Waals surface area contributed by atoms with Crippen molar-refractivity contribution in [2.24, 2.45) is 5.73 Å². The lowest BCUT2D eigenvalue weighted by atomic mass is 10.4. The maximum absolute atomic E-state index is 8.88. The molecule has 0 bridgehead atoms. The first-order valence-corrected chi connectivity index (χ1v) is 2.95. The van der Waals surface area contributed by atoms with E-state index in [1.54, 1.807) is 0 Å². The van der Waals surface area contributed by atoms with Crippen LogP contribution in [0.15, 0.2) is 11.2 Å². The zero-order chi connectivity index (χ0) is 7.72. The van der Waals surface area contributed by atoms with Gasteiger partial charge < -0.3 is 5.32 Å². The van der Waals surface area contributed by atoms with Gasteiger partial charge in [-0.3, -0.25) is 16.4 Å². The fraction of sp³-hybridized carbons (Fsp3) is 0.250. The van der Waals surface area contributed by atoms with E-state index in [9.17, 15) is 0 Å². The summed E-state index contributed by atoms with van der Waals surface area (Å²) >= 11 is 5.46. The van der Waals surface area contributed by atoms with Crippen LogP contribution in [0.5, 0.6) is 0 Å². The van der Waals surface area contributed by atoms with Crippen molar-refractivity contribution >= 4 is 17.4 Å². The standard InChI is InChI=1S/C4H7ClN4O/c5-2-1-3(6)9(10)4(7)8-2/h1,4,6,8,10H,7H2. The molecule has 1 rings (SSSR count). The highest BCUT2D eigenvalue weighted by atomic mass is 35.5. The SMILES string of the molecule is N=C1C=C(Cl)NC(N)N1O. The summed E-state index contributed by atoms with van der Waals surface area (Å²) in [7, 11) is 0. The molecule has 1 heterocycles. The molecule has 1 unspecified atom stereocenters. The summed E-state index contributed by atoms with van der Waals surface area (Å²) < 4.78 is 0. The fourth-order valence-corrected chi connectivity index (χ4v) is 0.795. The van der Waals surface area contributed by atoms with Gasteiger partial charge in [0, 0.05) is 6.08 Å². The Bertz CT molecular complexity index is 192. The Morgan fingerprint density at radius 2 is 2.50 bits per heavy atom. The second-order valence-electron chi connectivity index (χ2n) is 1.81. The van der Waals surface area contributed by atoms with Gasteiger partial charge in [0.1, 0.15) is 5.16 Å². The van der Waals surface area contributed by atoms with Crippen LogP contribution >= 0.6 is 11.6 Å². The number of hydrogen-bond acceptors (Lipinski definition) is 4. The lowest BCUT2D eigenvalue weighted by Gasteiger charge is -2.28. The maximum atomic E-state index is 8.88. The summed E-state index contributed by atoms with van der Waals surface area (Å²) in [6.07, 6.45) is 0.426. The smallest absolute Gasteiger partial charge is 0.179 e. The third kappa shape index (κ3) is 1.21. The molecule has 0 aromatic heterocycles. The number of amidine groups is 1. The van der Waals surface area contributed by atoms with Crippen molar-refractivity contribution in [1.82, 2.24) is 10.4 Å². The molecule has 0 saturated carbocycles.